The number of rotatable bonds is 5. The number of aryl methyl sites for hydroxylation is 1. The van der Waals surface area contributed by atoms with E-state index in [1.165, 1.54) is 6.92 Å². The maximum Gasteiger partial charge on any atom is 0.333 e. The van der Waals surface area contributed by atoms with E-state index in [2.05, 4.69) is 10.4 Å². The maximum absolute atomic E-state index is 12.7. The van der Waals surface area contributed by atoms with Crippen LogP contribution in [0.2, 0.25) is 0 Å². The van der Waals surface area contributed by atoms with Gasteiger partial charge < -0.3 is 10.4 Å². The highest BCUT2D eigenvalue weighted by Crippen LogP contribution is 2.35. The van der Waals surface area contributed by atoms with Crippen LogP contribution in [0.4, 0.5) is 8.78 Å². The van der Waals surface area contributed by atoms with E-state index in [9.17, 15) is 18.4 Å². The number of nitrogens with one attached hydrogen (secondary N) is 1. The van der Waals surface area contributed by atoms with Crippen molar-refractivity contribution >= 4 is 11.9 Å². The molecule has 0 spiro atoms. The zero-order valence-electron chi connectivity index (χ0n) is 11.1. The van der Waals surface area contributed by atoms with E-state index >= 15 is 0 Å². The lowest BCUT2D eigenvalue weighted by molar-refractivity contribution is -0.143. The van der Waals surface area contributed by atoms with Gasteiger partial charge in [0.1, 0.15) is 5.54 Å². The topological polar surface area (TPSA) is 84.2 Å². The van der Waals surface area contributed by atoms with Gasteiger partial charge in [-0.15, -0.1) is 0 Å². The Morgan fingerprint density at radius 1 is 1.45 bits per heavy atom. The molecule has 0 aromatic carbocycles. The smallest absolute Gasteiger partial charge is 0.333 e. The van der Waals surface area contributed by atoms with E-state index in [-0.39, 0.29) is 12.1 Å². The van der Waals surface area contributed by atoms with Gasteiger partial charge in [0, 0.05) is 11.3 Å². The lowest BCUT2D eigenvalue weighted by Gasteiger charge is -2.12. The van der Waals surface area contributed by atoms with Crippen LogP contribution in [-0.2, 0) is 16.0 Å². The number of carbonyl (C=O) groups is 2. The quantitative estimate of drug-likeness (QED) is 0.851. The molecule has 0 aliphatic heterocycles. The van der Waals surface area contributed by atoms with E-state index < -0.39 is 24.0 Å². The van der Waals surface area contributed by atoms with Crippen molar-refractivity contribution in [2.45, 2.75) is 45.2 Å². The van der Waals surface area contributed by atoms with Crippen molar-refractivity contribution in [1.29, 1.82) is 0 Å². The summed E-state index contributed by atoms with van der Waals surface area (Å²) in [5.74, 6) is -1.56. The minimum atomic E-state index is -2.76. The lowest BCUT2D eigenvalue weighted by Crippen LogP contribution is -2.43. The predicted molar refractivity (Wildman–Crippen MR) is 64.4 cm³/mol. The van der Waals surface area contributed by atoms with E-state index in [0.29, 0.717) is 28.8 Å². The van der Waals surface area contributed by atoms with Gasteiger partial charge in [0.05, 0.1) is 12.1 Å². The third-order valence-electron chi connectivity index (χ3n) is 3.54. The molecule has 1 fully saturated rings. The van der Waals surface area contributed by atoms with Gasteiger partial charge in [-0.3, -0.25) is 4.79 Å². The minimum absolute atomic E-state index is 0.153. The summed E-state index contributed by atoms with van der Waals surface area (Å²) in [6.45, 7) is 0.233. The van der Waals surface area contributed by atoms with E-state index in [1.54, 1.807) is 6.92 Å². The fourth-order valence-corrected chi connectivity index (χ4v) is 2.13. The highest BCUT2D eigenvalue weighted by Gasteiger charge is 2.51. The van der Waals surface area contributed by atoms with Crippen LogP contribution in [-0.4, -0.2) is 32.3 Å². The number of aliphatic carboxylic acids is 1. The van der Waals surface area contributed by atoms with Crippen molar-refractivity contribution in [2.75, 3.05) is 0 Å². The Balaban J connectivity index is 2.11. The Morgan fingerprint density at radius 3 is 2.45 bits per heavy atom. The Labute approximate surface area is 113 Å². The van der Waals surface area contributed by atoms with Crippen LogP contribution in [0, 0.1) is 13.8 Å². The SMILES string of the molecule is Cc1nn(C(F)F)c(C)c1CC(=O)NC1(C(=O)O)CC1. The van der Waals surface area contributed by atoms with Crippen molar-refractivity contribution < 1.29 is 23.5 Å². The zero-order chi connectivity index (χ0) is 15.1. The fraction of sp³-hybridized carbons (Fsp3) is 0.583. The molecule has 1 saturated carbocycles. The van der Waals surface area contributed by atoms with Gasteiger partial charge in [0.15, 0.2) is 0 Å². The number of nitrogens with zero attached hydrogens (tertiary/aromatic N) is 2. The average Bonchev–Trinajstić information content (AvgIpc) is 3.07. The van der Waals surface area contributed by atoms with Gasteiger partial charge in [-0.1, -0.05) is 0 Å². The summed E-state index contributed by atoms with van der Waals surface area (Å²) in [5.41, 5.74) is -0.202. The largest absolute Gasteiger partial charge is 0.480 e. The van der Waals surface area contributed by atoms with Crippen LogP contribution >= 0.6 is 0 Å². The van der Waals surface area contributed by atoms with Gasteiger partial charge in [0.25, 0.3) is 0 Å². The molecule has 20 heavy (non-hydrogen) atoms. The molecule has 0 bridgehead atoms. The number of carboxylic acids is 1. The lowest BCUT2D eigenvalue weighted by atomic mass is 10.1. The summed E-state index contributed by atoms with van der Waals surface area (Å²) in [5, 5.41) is 15.1. The second-order valence-corrected chi connectivity index (χ2v) is 4.98. The fourth-order valence-electron chi connectivity index (χ4n) is 2.13. The Hall–Kier alpha value is -1.99. The van der Waals surface area contributed by atoms with E-state index in [0.717, 1.165) is 0 Å². The minimum Gasteiger partial charge on any atom is -0.480 e. The zero-order valence-corrected chi connectivity index (χ0v) is 11.1. The number of alkyl halides is 2. The molecule has 0 radical (unpaired) electrons. The van der Waals surface area contributed by atoms with Gasteiger partial charge in [-0.05, 0) is 26.7 Å². The number of hydrogen-bond donors (Lipinski definition) is 2. The van der Waals surface area contributed by atoms with Crippen LogP contribution in [0.1, 0.15) is 36.3 Å². The van der Waals surface area contributed by atoms with Gasteiger partial charge in [-0.25, -0.2) is 9.48 Å². The van der Waals surface area contributed by atoms with Crippen LogP contribution in [0.15, 0.2) is 0 Å². The molecule has 2 rings (SSSR count). The number of carboxylic acid groups (broad SMARTS) is 1. The average molecular weight is 287 g/mol. The molecule has 1 aromatic rings. The third-order valence-corrected chi connectivity index (χ3v) is 3.54. The molecule has 1 heterocycles. The number of halogens is 2. The molecule has 0 unspecified atom stereocenters. The standard InChI is InChI=1S/C12H15F2N3O3/c1-6-8(7(2)17(16-6)11(13)14)5-9(18)15-12(3-4-12)10(19)20/h11H,3-5H2,1-2H3,(H,15,18)(H,19,20). The molecule has 1 amide bonds. The molecular weight excluding hydrogens is 272 g/mol. The second kappa shape index (κ2) is 4.84. The third kappa shape index (κ3) is 2.50. The summed E-state index contributed by atoms with van der Waals surface area (Å²) in [6, 6.07) is 0. The van der Waals surface area contributed by atoms with E-state index in [4.69, 9.17) is 5.11 Å². The van der Waals surface area contributed by atoms with Crippen molar-refractivity contribution in [3.05, 3.63) is 17.0 Å². The van der Waals surface area contributed by atoms with Gasteiger partial charge >= 0.3 is 12.5 Å². The van der Waals surface area contributed by atoms with Crippen LogP contribution in [0.25, 0.3) is 0 Å². The highest BCUT2D eigenvalue weighted by molar-refractivity contribution is 5.90. The van der Waals surface area contributed by atoms with Crippen LogP contribution in [0.3, 0.4) is 0 Å². The van der Waals surface area contributed by atoms with Crippen molar-refractivity contribution in [2.24, 2.45) is 0 Å². The van der Waals surface area contributed by atoms with Crippen LogP contribution in [0.5, 0.6) is 0 Å². The number of hydrogen-bond acceptors (Lipinski definition) is 3. The molecule has 1 aliphatic carbocycles. The number of amides is 1. The molecule has 0 atom stereocenters. The van der Waals surface area contributed by atoms with E-state index in [1.807, 2.05) is 0 Å². The molecular formula is C12H15F2N3O3. The first-order valence-corrected chi connectivity index (χ1v) is 6.14. The summed E-state index contributed by atoms with van der Waals surface area (Å²) >= 11 is 0. The molecule has 8 heteroatoms. The number of aromatic nitrogens is 2. The van der Waals surface area contributed by atoms with Crippen molar-refractivity contribution in [3.8, 4) is 0 Å². The molecule has 1 aliphatic rings. The monoisotopic (exact) mass is 287 g/mol. The van der Waals surface area contributed by atoms with Crippen molar-refractivity contribution in [3.63, 3.8) is 0 Å². The van der Waals surface area contributed by atoms with Crippen molar-refractivity contribution in [1.82, 2.24) is 15.1 Å². The second-order valence-electron chi connectivity index (χ2n) is 4.98. The summed E-state index contributed by atoms with van der Waals surface area (Å²) < 4.78 is 25.9. The van der Waals surface area contributed by atoms with Gasteiger partial charge in [-0.2, -0.15) is 13.9 Å². The Kier molecular flexibility index (Phi) is 3.49. The first kappa shape index (κ1) is 14.4. The molecule has 2 N–H and O–H groups in total. The Bertz CT molecular complexity index is 565. The molecule has 6 nitrogen and oxygen atoms in total. The molecule has 1 aromatic heterocycles. The number of carbonyl (C=O) groups excluding carboxylic acids is 1. The summed E-state index contributed by atoms with van der Waals surface area (Å²) in [7, 11) is 0. The first-order valence-electron chi connectivity index (χ1n) is 6.14. The maximum atomic E-state index is 12.7. The van der Waals surface area contributed by atoms with Crippen LogP contribution < -0.4 is 5.32 Å². The molecule has 0 saturated heterocycles. The summed E-state index contributed by atoms with van der Waals surface area (Å²) in [4.78, 5) is 22.8. The predicted octanol–water partition coefficient (Wildman–Crippen LogP) is 1.17. The highest BCUT2D eigenvalue weighted by atomic mass is 19.3. The normalized spacial score (nSPS) is 16.2. The first-order chi connectivity index (χ1) is 9.27. The summed E-state index contributed by atoms with van der Waals surface area (Å²) in [6.07, 6.45) is 0.629. The Morgan fingerprint density at radius 2 is 2.05 bits per heavy atom. The molecule has 110 valence electrons. The van der Waals surface area contributed by atoms with Gasteiger partial charge in [0.2, 0.25) is 5.91 Å².